The van der Waals surface area contributed by atoms with Crippen LogP contribution in [-0.4, -0.2) is 32.1 Å². The quantitative estimate of drug-likeness (QED) is 0.432. The van der Waals surface area contributed by atoms with E-state index in [1.807, 2.05) is 53.4 Å². The molecule has 1 saturated carbocycles. The summed E-state index contributed by atoms with van der Waals surface area (Å²) in [5.74, 6) is 6.46. The van der Waals surface area contributed by atoms with Crippen molar-refractivity contribution in [2.75, 3.05) is 18.2 Å². The Labute approximate surface area is 197 Å². The molecule has 3 heterocycles. The van der Waals surface area contributed by atoms with E-state index in [-0.39, 0.29) is 17.3 Å². The van der Waals surface area contributed by atoms with Gasteiger partial charge in [-0.15, -0.1) is 0 Å². The van der Waals surface area contributed by atoms with Gasteiger partial charge in [0.05, 0.1) is 24.1 Å². The third-order valence-corrected chi connectivity index (χ3v) is 6.18. The van der Waals surface area contributed by atoms with Gasteiger partial charge in [-0.3, -0.25) is 4.79 Å². The molecule has 0 saturated heterocycles. The number of aromatic nitrogens is 4. The zero-order chi connectivity index (χ0) is 23.7. The number of amides is 1. The van der Waals surface area contributed by atoms with E-state index in [9.17, 15) is 4.79 Å². The zero-order valence-corrected chi connectivity index (χ0v) is 19.2. The van der Waals surface area contributed by atoms with E-state index in [1.54, 1.807) is 7.11 Å². The van der Waals surface area contributed by atoms with Gasteiger partial charge < -0.3 is 24.9 Å². The van der Waals surface area contributed by atoms with Crippen molar-refractivity contribution in [2.45, 2.75) is 38.5 Å². The van der Waals surface area contributed by atoms with Gasteiger partial charge >= 0.3 is 0 Å². The number of nitrogen functional groups attached to an aromatic ring is 1. The minimum Gasteiger partial charge on any atom is -0.383 e. The van der Waals surface area contributed by atoms with Gasteiger partial charge in [-0.2, -0.15) is 0 Å². The van der Waals surface area contributed by atoms with Crippen LogP contribution in [0.1, 0.15) is 41.4 Å². The second kappa shape index (κ2) is 8.69. The molecule has 0 bridgehead atoms. The van der Waals surface area contributed by atoms with Crippen LogP contribution in [0.4, 0.5) is 11.5 Å². The highest BCUT2D eigenvalue weighted by Crippen LogP contribution is 2.47. The number of ether oxygens (including phenoxy) is 1. The number of nitrogens with two attached hydrogens (primary N) is 1. The van der Waals surface area contributed by atoms with E-state index in [1.165, 1.54) is 6.33 Å². The van der Waals surface area contributed by atoms with Crippen LogP contribution in [0.25, 0.3) is 11.0 Å². The second-order valence-corrected chi connectivity index (χ2v) is 8.75. The summed E-state index contributed by atoms with van der Waals surface area (Å²) in [5.41, 5.74) is 9.48. The predicted octanol–water partition coefficient (Wildman–Crippen LogP) is 3.77. The maximum Gasteiger partial charge on any atom is 0.259 e. The van der Waals surface area contributed by atoms with Gasteiger partial charge in [0.25, 0.3) is 5.91 Å². The van der Waals surface area contributed by atoms with Crippen molar-refractivity contribution in [1.82, 2.24) is 19.1 Å². The van der Waals surface area contributed by atoms with Gasteiger partial charge in [0, 0.05) is 30.7 Å². The van der Waals surface area contributed by atoms with Crippen LogP contribution in [-0.2, 0) is 23.4 Å². The Hall–Kier alpha value is -4.09. The summed E-state index contributed by atoms with van der Waals surface area (Å²) < 4.78 is 9.21. The monoisotopic (exact) mass is 454 g/mol. The van der Waals surface area contributed by atoms with Gasteiger partial charge in [0.15, 0.2) is 0 Å². The van der Waals surface area contributed by atoms with Crippen molar-refractivity contribution in [3.05, 3.63) is 71.9 Å². The molecule has 0 aliphatic heterocycles. The molecular weight excluding hydrogens is 428 g/mol. The van der Waals surface area contributed by atoms with Crippen LogP contribution in [0.5, 0.6) is 0 Å². The lowest BCUT2D eigenvalue weighted by molar-refractivity contribution is 0.102. The van der Waals surface area contributed by atoms with E-state index < -0.39 is 0 Å². The Morgan fingerprint density at radius 2 is 1.94 bits per heavy atom. The summed E-state index contributed by atoms with van der Waals surface area (Å²) in [7, 11) is 1.65. The van der Waals surface area contributed by atoms with Crippen molar-refractivity contribution in [1.29, 1.82) is 0 Å². The Morgan fingerprint density at radius 3 is 2.62 bits per heavy atom. The molecule has 4 aromatic rings. The highest BCUT2D eigenvalue weighted by Gasteiger charge is 2.43. The number of hydrogen-bond donors (Lipinski definition) is 2. The molecule has 0 radical (unpaired) electrons. The molecule has 0 spiro atoms. The predicted molar refractivity (Wildman–Crippen MR) is 131 cm³/mol. The molecule has 3 N–H and O–H groups in total. The molecule has 1 aromatic carbocycles. The van der Waals surface area contributed by atoms with E-state index in [4.69, 9.17) is 10.5 Å². The molecular formula is C26H26N6O2. The SMILES string of the molecule is COCc1ccc(NC(=O)c2c(C#CCn3cccc3)n(C3(C)CC3)c3ncnc(N)c23)cc1. The molecule has 8 nitrogen and oxygen atoms in total. The topological polar surface area (TPSA) is 100.0 Å². The maximum absolute atomic E-state index is 13.6. The lowest BCUT2D eigenvalue weighted by atomic mass is 10.1. The standard InChI is InChI=1S/C26H26N6O2/c1-26(11-12-26)32-20(6-5-15-31-13-3-4-14-31)21(22-23(27)28-17-29-24(22)32)25(33)30-19-9-7-18(8-10-19)16-34-2/h3-4,7-10,13-14,17H,11-12,15-16H2,1-2H3,(H,30,33)(H2,27,28,29). The summed E-state index contributed by atoms with van der Waals surface area (Å²) in [6.07, 6.45) is 7.31. The van der Waals surface area contributed by atoms with Crippen LogP contribution >= 0.6 is 0 Å². The molecule has 1 aliphatic rings. The summed E-state index contributed by atoms with van der Waals surface area (Å²) in [6, 6.07) is 11.5. The maximum atomic E-state index is 13.6. The van der Waals surface area contributed by atoms with E-state index in [0.29, 0.717) is 41.1 Å². The largest absolute Gasteiger partial charge is 0.383 e. The fourth-order valence-electron chi connectivity index (χ4n) is 4.14. The van der Waals surface area contributed by atoms with Crippen LogP contribution < -0.4 is 11.1 Å². The summed E-state index contributed by atoms with van der Waals surface area (Å²) >= 11 is 0. The number of carbonyl (C=O) groups is 1. The number of carbonyl (C=O) groups excluding carboxylic acids is 1. The molecule has 1 aliphatic carbocycles. The van der Waals surface area contributed by atoms with Crippen molar-refractivity contribution in [2.24, 2.45) is 0 Å². The molecule has 0 unspecified atom stereocenters. The molecule has 3 aromatic heterocycles. The van der Waals surface area contributed by atoms with Gasteiger partial charge in [-0.1, -0.05) is 18.1 Å². The first-order valence-electron chi connectivity index (χ1n) is 11.1. The van der Waals surface area contributed by atoms with Gasteiger partial charge in [0.2, 0.25) is 0 Å². The number of anilines is 2. The first-order chi connectivity index (χ1) is 16.5. The van der Waals surface area contributed by atoms with Crippen LogP contribution in [0.15, 0.2) is 55.1 Å². The smallest absolute Gasteiger partial charge is 0.259 e. The third-order valence-electron chi connectivity index (χ3n) is 6.18. The number of fused-ring (bicyclic) bond motifs is 1. The molecule has 1 fully saturated rings. The van der Waals surface area contributed by atoms with Gasteiger partial charge in [0.1, 0.15) is 23.5 Å². The zero-order valence-electron chi connectivity index (χ0n) is 19.2. The highest BCUT2D eigenvalue weighted by molar-refractivity contribution is 6.16. The van der Waals surface area contributed by atoms with Crippen LogP contribution in [0, 0.1) is 11.8 Å². The number of nitrogens with one attached hydrogen (secondary N) is 1. The Kier molecular flexibility index (Phi) is 5.56. The van der Waals surface area contributed by atoms with Gasteiger partial charge in [-0.05, 0) is 55.5 Å². The first-order valence-corrected chi connectivity index (χ1v) is 11.1. The Bertz CT molecular complexity index is 1400. The van der Waals surface area contributed by atoms with Crippen LogP contribution in [0.3, 0.4) is 0 Å². The number of nitrogens with zero attached hydrogens (tertiary/aromatic N) is 4. The highest BCUT2D eigenvalue weighted by atomic mass is 16.5. The van der Waals surface area contributed by atoms with E-state index >= 15 is 0 Å². The van der Waals surface area contributed by atoms with Gasteiger partial charge in [-0.25, -0.2) is 9.97 Å². The van der Waals surface area contributed by atoms with Crippen molar-refractivity contribution in [3.63, 3.8) is 0 Å². The normalized spacial score (nSPS) is 13.9. The summed E-state index contributed by atoms with van der Waals surface area (Å²) in [5, 5.41) is 3.54. The number of hydrogen-bond acceptors (Lipinski definition) is 5. The summed E-state index contributed by atoms with van der Waals surface area (Å²) in [4.78, 5) is 22.3. The minimum atomic E-state index is -0.292. The van der Waals surface area contributed by atoms with Crippen LogP contribution in [0.2, 0.25) is 0 Å². The average Bonchev–Trinajstić information content (AvgIpc) is 3.22. The molecule has 172 valence electrons. The lowest BCUT2D eigenvalue weighted by Crippen LogP contribution is -2.18. The molecule has 5 rings (SSSR count). The Morgan fingerprint density at radius 1 is 1.21 bits per heavy atom. The molecule has 1 amide bonds. The molecule has 34 heavy (non-hydrogen) atoms. The van der Waals surface area contributed by atoms with Crippen molar-refractivity contribution >= 4 is 28.4 Å². The minimum absolute atomic E-state index is 0.156. The fraction of sp³-hybridized carbons (Fsp3) is 0.269. The second-order valence-electron chi connectivity index (χ2n) is 8.75. The third kappa shape index (κ3) is 4.02. The molecule has 0 atom stereocenters. The van der Waals surface area contributed by atoms with Crippen molar-refractivity contribution in [3.8, 4) is 11.8 Å². The lowest BCUT2D eigenvalue weighted by Gasteiger charge is -2.14. The molecule has 8 heteroatoms. The fourth-order valence-corrected chi connectivity index (χ4v) is 4.14. The average molecular weight is 455 g/mol. The van der Waals surface area contributed by atoms with E-state index in [0.717, 1.165) is 18.4 Å². The van der Waals surface area contributed by atoms with E-state index in [2.05, 4.69) is 38.6 Å². The number of methoxy groups -OCH3 is 1. The first kappa shape index (κ1) is 21.7. The van der Waals surface area contributed by atoms with Crippen molar-refractivity contribution < 1.29 is 9.53 Å². The number of benzene rings is 1. The summed E-state index contributed by atoms with van der Waals surface area (Å²) in [6.45, 7) is 3.17. The Balaban J connectivity index is 1.60. The number of rotatable bonds is 6.